The second kappa shape index (κ2) is 5.05. The SMILES string of the molecule is O=C(O)c1occc1-c1cccc(-c2ccccc2)c1. The fraction of sp³-hybridized carbons (Fsp3) is 0. The molecule has 0 fully saturated rings. The summed E-state index contributed by atoms with van der Waals surface area (Å²) < 4.78 is 5.03. The van der Waals surface area contributed by atoms with Gasteiger partial charge < -0.3 is 9.52 Å². The Balaban J connectivity index is 2.08. The zero-order valence-corrected chi connectivity index (χ0v) is 10.6. The van der Waals surface area contributed by atoms with Gasteiger partial charge in [0, 0.05) is 5.56 Å². The highest BCUT2D eigenvalue weighted by Gasteiger charge is 2.15. The summed E-state index contributed by atoms with van der Waals surface area (Å²) in [6.45, 7) is 0. The van der Waals surface area contributed by atoms with E-state index >= 15 is 0 Å². The van der Waals surface area contributed by atoms with E-state index in [0.717, 1.165) is 16.7 Å². The van der Waals surface area contributed by atoms with Gasteiger partial charge in [0.05, 0.1) is 6.26 Å². The highest BCUT2D eigenvalue weighted by Crippen LogP contribution is 2.29. The molecule has 3 nitrogen and oxygen atoms in total. The molecule has 1 aromatic heterocycles. The fourth-order valence-corrected chi connectivity index (χ4v) is 2.20. The molecule has 3 rings (SSSR count). The van der Waals surface area contributed by atoms with Gasteiger partial charge in [0.25, 0.3) is 0 Å². The maximum atomic E-state index is 11.1. The van der Waals surface area contributed by atoms with Gasteiger partial charge in [-0.15, -0.1) is 0 Å². The summed E-state index contributed by atoms with van der Waals surface area (Å²) in [4.78, 5) is 11.1. The number of carbonyl (C=O) groups is 1. The lowest BCUT2D eigenvalue weighted by Gasteiger charge is -2.05. The Hall–Kier alpha value is -2.81. The van der Waals surface area contributed by atoms with E-state index in [4.69, 9.17) is 9.52 Å². The van der Waals surface area contributed by atoms with Gasteiger partial charge in [0.15, 0.2) is 0 Å². The topological polar surface area (TPSA) is 50.4 Å². The minimum atomic E-state index is -1.06. The molecule has 0 radical (unpaired) electrons. The molecule has 0 saturated heterocycles. The van der Waals surface area contributed by atoms with Crippen molar-refractivity contribution >= 4 is 5.97 Å². The number of furan rings is 1. The number of rotatable bonds is 3. The first-order valence-electron chi connectivity index (χ1n) is 6.22. The number of carboxylic acid groups (broad SMARTS) is 1. The second-order valence-electron chi connectivity index (χ2n) is 4.42. The highest BCUT2D eigenvalue weighted by atomic mass is 16.4. The monoisotopic (exact) mass is 264 g/mol. The molecular formula is C17H12O3. The largest absolute Gasteiger partial charge is 0.475 e. The van der Waals surface area contributed by atoms with Crippen LogP contribution >= 0.6 is 0 Å². The van der Waals surface area contributed by atoms with Crippen molar-refractivity contribution in [3.8, 4) is 22.3 Å². The quantitative estimate of drug-likeness (QED) is 0.766. The predicted octanol–water partition coefficient (Wildman–Crippen LogP) is 4.31. The smallest absolute Gasteiger partial charge is 0.372 e. The molecule has 1 N–H and O–H groups in total. The van der Waals surface area contributed by atoms with E-state index in [9.17, 15) is 4.79 Å². The molecule has 20 heavy (non-hydrogen) atoms. The van der Waals surface area contributed by atoms with Crippen LogP contribution in [0, 0.1) is 0 Å². The summed E-state index contributed by atoms with van der Waals surface area (Å²) in [5, 5.41) is 9.11. The third-order valence-electron chi connectivity index (χ3n) is 3.14. The van der Waals surface area contributed by atoms with E-state index in [1.54, 1.807) is 6.07 Å². The van der Waals surface area contributed by atoms with Crippen LogP contribution in [0.25, 0.3) is 22.3 Å². The molecule has 0 spiro atoms. The molecule has 98 valence electrons. The summed E-state index contributed by atoms with van der Waals surface area (Å²) in [7, 11) is 0. The Morgan fingerprint density at radius 1 is 0.850 bits per heavy atom. The van der Waals surface area contributed by atoms with Crippen molar-refractivity contribution in [1.29, 1.82) is 0 Å². The van der Waals surface area contributed by atoms with Crippen molar-refractivity contribution < 1.29 is 14.3 Å². The molecule has 0 atom stereocenters. The fourth-order valence-electron chi connectivity index (χ4n) is 2.20. The molecule has 0 aliphatic heterocycles. The lowest BCUT2D eigenvalue weighted by molar-refractivity contribution is 0.0663. The van der Waals surface area contributed by atoms with Crippen LogP contribution in [-0.4, -0.2) is 11.1 Å². The van der Waals surface area contributed by atoms with Gasteiger partial charge in [-0.2, -0.15) is 0 Å². The van der Waals surface area contributed by atoms with Crippen molar-refractivity contribution in [1.82, 2.24) is 0 Å². The molecular weight excluding hydrogens is 252 g/mol. The van der Waals surface area contributed by atoms with Gasteiger partial charge >= 0.3 is 5.97 Å². The number of aromatic carboxylic acids is 1. The van der Waals surface area contributed by atoms with Gasteiger partial charge in [-0.1, -0.05) is 48.5 Å². The maximum Gasteiger partial charge on any atom is 0.372 e. The number of hydrogen-bond donors (Lipinski definition) is 1. The molecule has 0 bridgehead atoms. The van der Waals surface area contributed by atoms with Crippen LogP contribution in [0.3, 0.4) is 0 Å². The average molecular weight is 264 g/mol. The Kier molecular flexibility index (Phi) is 3.09. The Morgan fingerprint density at radius 3 is 2.30 bits per heavy atom. The first-order chi connectivity index (χ1) is 9.75. The Morgan fingerprint density at radius 2 is 1.55 bits per heavy atom. The normalized spacial score (nSPS) is 10.4. The van der Waals surface area contributed by atoms with E-state index in [0.29, 0.717) is 5.56 Å². The van der Waals surface area contributed by atoms with Crippen molar-refractivity contribution in [2.45, 2.75) is 0 Å². The first-order valence-corrected chi connectivity index (χ1v) is 6.22. The van der Waals surface area contributed by atoms with Crippen LogP contribution in [0.5, 0.6) is 0 Å². The lowest BCUT2D eigenvalue weighted by atomic mass is 9.99. The number of carboxylic acids is 1. The minimum Gasteiger partial charge on any atom is -0.475 e. The van der Waals surface area contributed by atoms with Gasteiger partial charge in [-0.05, 0) is 28.8 Å². The molecule has 0 unspecified atom stereocenters. The number of hydrogen-bond acceptors (Lipinski definition) is 2. The van der Waals surface area contributed by atoms with E-state index in [-0.39, 0.29) is 5.76 Å². The van der Waals surface area contributed by atoms with Crippen LogP contribution in [0.4, 0.5) is 0 Å². The van der Waals surface area contributed by atoms with E-state index in [1.807, 2.05) is 54.6 Å². The van der Waals surface area contributed by atoms with E-state index < -0.39 is 5.97 Å². The third kappa shape index (κ3) is 2.21. The van der Waals surface area contributed by atoms with E-state index in [2.05, 4.69) is 0 Å². The molecule has 0 amide bonds. The molecule has 3 heteroatoms. The molecule has 2 aromatic carbocycles. The van der Waals surface area contributed by atoms with Gasteiger partial charge in [0.2, 0.25) is 5.76 Å². The van der Waals surface area contributed by atoms with Gasteiger partial charge in [0.1, 0.15) is 0 Å². The average Bonchev–Trinajstić information content (AvgIpc) is 2.98. The first kappa shape index (κ1) is 12.2. The molecule has 3 aromatic rings. The predicted molar refractivity (Wildman–Crippen MR) is 76.5 cm³/mol. The molecule has 0 aliphatic carbocycles. The van der Waals surface area contributed by atoms with Crippen molar-refractivity contribution in [3.63, 3.8) is 0 Å². The molecule has 1 heterocycles. The summed E-state index contributed by atoms with van der Waals surface area (Å²) in [6, 6.07) is 19.4. The summed E-state index contributed by atoms with van der Waals surface area (Å²) in [5.41, 5.74) is 3.56. The Labute approximate surface area is 116 Å². The zero-order chi connectivity index (χ0) is 13.9. The third-order valence-corrected chi connectivity index (χ3v) is 3.14. The van der Waals surface area contributed by atoms with Crippen LogP contribution in [-0.2, 0) is 0 Å². The molecule has 0 saturated carbocycles. The summed E-state index contributed by atoms with van der Waals surface area (Å²) in [6.07, 6.45) is 1.40. The Bertz CT molecular complexity index is 742. The zero-order valence-electron chi connectivity index (χ0n) is 10.6. The van der Waals surface area contributed by atoms with Crippen LogP contribution in [0.1, 0.15) is 10.6 Å². The highest BCUT2D eigenvalue weighted by molar-refractivity contribution is 5.93. The van der Waals surface area contributed by atoms with E-state index in [1.165, 1.54) is 6.26 Å². The standard InChI is InChI=1S/C17H12O3/c18-17(19)16-15(9-10-20-16)14-8-4-7-13(11-14)12-5-2-1-3-6-12/h1-11H,(H,18,19). The van der Waals surface area contributed by atoms with Gasteiger partial charge in [-0.25, -0.2) is 4.79 Å². The minimum absolute atomic E-state index is 0.0322. The van der Waals surface area contributed by atoms with Crippen LogP contribution in [0.15, 0.2) is 71.3 Å². The second-order valence-corrected chi connectivity index (χ2v) is 4.42. The van der Waals surface area contributed by atoms with Gasteiger partial charge in [-0.3, -0.25) is 0 Å². The number of benzene rings is 2. The van der Waals surface area contributed by atoms with Crippen LogP contribution < -0.4 is 0 Å². The van der Waals surface area contributed by atoms with Crippen LogP contribution in [0.2, 0.25) is 0 Å². The lowest BCUT2D eigenvalue weighted by Crippen LogP contribution is -1.95. The van der Waals surface area contributed by atoms with Crippen molar-refractivity contribution in [2.24, 2.45) is 0 Å². The summed E-state index contributed by atoms with van der Waals surface area (Å²) >= 11 is 0. The van der Waals surface area contributed by atoms with Crippen molar-refractivity contribution in [3.05, 3.63) is 72.7 Å². The van der Waals surface area contributed by atoms with Crippen molar-refractivity contribution in [2.75, 3.05) is 0 Å². The summed E-state index contributed by atoms with van der Waals surface area (Å²) in [5.74, 6) is -1.09. The maximum absolute atomic E-state index is 11.1. The molecule has 0 aliphatic rings.